The molecule has 0 aliphatic carbocycles. The lowest BCUT2D eigenvalue weighted by Gasteiger charge is -1.99. The molecular weight excluding hydrogens is 274 g/mol. The summed E-state index contributed by atoms with van der Waals surface area (Å²) >= 11 is 3.49. The highest BCUT2D eigenvalue weighted by Gasteiger charge is 2.19. The number of anilines is 1. The third kappa shape index (κ3) is 2.09. The first-order chi connectivity index (χ1) is 9.20. The minimum absolute atomic E-state index is 0.726. The van der Waals surface area contributed by atoms with Gasteiger partial charge in [-0.3, -0.25) is 4.68 Å². The largest absolute Gasteiger partial charge is 0.383 e. The molecule has 0 radical (unpaired) electrons. The Kier molecular flexibility index (Phi) is 3.16. The Morgan fingerprint density at radius 3 is 2.74 bits per heavy atom. The minimum Gasteiger partial charge on any atom is -0.383 e. The van der Waals surface area contributed by atoms with Crippen LogP contribution in [0.1, 0.15) is 11.8 Å². The van der Waals surface area contributed by atoms with Gasteiger partial charge in [0.1, 0.15) is 11.5 Å². The Morgan fingerprint density at radius 1 is 1.26 bits per heavy atom. The van der Waals surface area contributed by atoms with Gasteiger partial charge < -0.3 is 5.73 Å². The first-order valence-electron chi connectivity index (χ1n) is 6.16. The van der Waals surface area contributed by atoms with E-state index >= 15 is 0 Å². The van der Waals surface area contributed by atoms with Gasteiger partial charge in [0.2, 0.25) is 0 Å². The molecule has 2 N–H and O–H groups in total. The predicted molar refractivity (Wildman–Crippen MR) is 83.6 cm³/mol. The van der Waals surface area contributed by atoms with Gasteiger partial charge >= 0.3 is 0 Å². The van der Waals surface area contributed by atoms with Crippen LogP contribution in [0.5, 0.6) is 0 Å². The van der Waals surface area contributed by atoms with Crippen LogP contribution in [-0.2, 0) is 13.5 Å². The Morgan fingerprint density at radius 2 is 2.11 bits per heavy atom. The van der Waals surface area contributed by atoms with Gasteiger partial charge in [-0.2, -0.15) is 5.10 Å². The Hall–Kier alpha value is -1.59. The third-order valence-corrected chi connectivity index (χ3v) is 5.23. The quantitative estimate of drug-likeness (QED) is 0.791. The molecule has 98 valence electrons. The fraction of sp³-hybridized carbons (Fsp3) is 0.214. The molecule has 19 heavy (non-hydrogen) atoms. The number of nitrogens with zero attached hydrogens (tertiary/aromatic N) is 2. The third-order valence-electron chi connectivity index (χ3n) is 3.10. The van der Waals surface area contributed by atoms with Crippen LogP contribution in [0.15, 0.2) is 29.6 Å². The van der Waals surface area contributed by atoms with Crippen LogP contribution in [-0.4, -0.2) is 9.78 Å². The Bertz CT molecular complexity index is 692. The summed E-state index contributed by atoms with van der Waals surface area (Å²) in [4.78, 5) is 3.73. The van der Waals surface area contributed by atoms with Gasteiger partial charge in [0.15, 0.2) is 0 Å². The van der Waals surface area contributed by atoms with Crippen molar-refractivity contribution in [1.29, 1.82) is 0 Å². The van der Waals surface area contributed by atoms with Crippen molar-refractivity contribution >= 4 is 28.5 Å². The van der Waals surface area contributed by atoms with Crippen molar-refractivity contribution in [3.63, 3.8) is 0 Å². The monoisotopic (exact) mass is 289 g/mol. The smallest absolute Gasteiger partial charge is 0.130 e. The first kappa shape index (κ1) is 12.4. The Labute approximate surface area is 120 Å². The molecule has 0 saturated carbocycles. The second-order valence-corrected chi connectivity index (χ2v) is 6.45. The van der Waals surface area contributed by atoms with E-state index in [1.54, 1.807) is 27.4 Å². The maximum atomic E-state index is 6.18. The Balaban J connectivity index is 2.19. The van der Waals surface area contributed by atoms with Gasteiger partial charge in [-0.1, -0.05) is 13.0 Å². The number of aryl methyl sites for hydroxylation is 2. The molecule has 0 spiro atoms. The van der Waals surface area contributed by atoms with E-state index in [9.17, 15) is 0 Å². The standard InChI is InChI=1S/C14H15N3S2/c1-3-9-6-7-11(19-9)13-12(10-5-4-8-18-10)14(15)17(2)16-13/h4-8H,3,15H2,1-2H3. The zero-order valence-corrected chi connectivity index (χ0v) is 12.5. The molecule has 3 heterocycles. The van der Waals surface area contributed by atoms with Gasteiger partial charge in [-0.15, -0.1) is 22.7 Å². The molecule has 0 bridgehead atoms. The molecule has 0 unspecified atom stereocenters. The molecule has 0 fully saturated rings. The number of aromatic nitrogens is 2. The van der Waals surface area contributed by atoms with Crippen molar-refractivity contribution in [2.45, 2.75) is 13.3 Å². The lowest BCUT2D eigenvalue weighted by Crippen LogP contribution is -1.97. The van der Waals surface area contributed by atoms with E-state index in [-0.39, 0.29) is 0 Å². The molecular formula is C14H15N3S2. The van der Waals surface area contributed by atoms with Crippen molar-refractivity contribution in [1.82, 2.24) is 9.78 Å². The zero-order valence-electron chi connectivity index (χ0n) is 10.9. The number of nitrogens with two attached hydrogens (primary N) is 1. The molecule has 0 atom stereocenters. The number of hydrogen-bond acceptors (Lipinski definition) is 4. The molecule has 0 aliphatic heterocycles. The van der Waals surface area contributed by atoms with Crippen molar-refractivity contribution in [2.24, 2.45) is 7.05 Å². The molecule has 3 nitrogen and oxygen atoms in total. The van der Waals surface area contributed by atoms with Crippen LogP contribution >= 0.6 is 22.7 Å². The summed E-state index contributed by atoms with van der Waals surface area (Å²) in [7, 11) is 1.89. The second-order valence-electron chi connectivity index (χ2n) is 4.33. The van der Waals surface area contributed by atoms with Crippen LogP contribution in [0, 0.1) is 0 Å². The molecule has 0 aliphatic rings. The molecule has 5 heteroatoms. The molecule has 3 rings (SSSR count). The summed E-state index contributed by atoms with van der Waals surface area (Å²) in [6, 6.07) is 8.45. The summed E-state index contributed by atoms with van der Waals surface area (Å²) in [6.07, 6.45) is 1.06. The molecule has 3 aromatic heterocycles. The highest BCUT2D eigenvalue weighted by Crippen LogP contribution is 2.40. The van der Waals surface area contributed by atoms with Crippen LogP contribution < -0.4 is 5.73 Å². The summed E-state index contributed by atoms with van der Waals surface area (Å²) in [5.41, 5.74) is 8.23. The molecule has 0 aromatic carbocycles. The topological polar surface area (TPSA) is 43.8 Å². The summed E-state index contributed by atoms with van der Waals surface area (Å²) in [5.74, 6) is 0.726. The van der Waals surface area contributed by atoms with Gasteiger partial charge in [0.05, 0.1) is 10.4 Å². The predicted octanol–water partition coefficient (Wildman–Crippen LogP) is 4.02. The van der Waals surface area contributed by atoms with Crippen LogP contribution in [0.25, 0.3) is 21.0 Å². The lowest BCUT2D eigenvalue weighted by atomic mass is 10.1. The van der Waals surface area contributed by atoms with Gasteiger partial charge in [-0.25, -0.2) is 0 Å². The van der Waals surface area contributed by atoms with E-state index in [0.29, 0.717) is 0 Å². The van der Waals surface area contributed by atoms with E-state index < -0.39 is 0 Å². The van der Waals surface area contributed by atoms with E-state index in [2.05, 4.69) is 35.6 Å². The van der Waals surface area contributed by atoms with Crippen molar-refractivity contribution in [3.05, 3.63) is 34.5 Å². The highest BCUT2D eigenvalue weighted by atomic mass is 32.1. The first-order valence-corrected chi connectivity index (χ1v) is 7.85. The average molecular weight is 289 g/mol. The van der Waals surface area contributed by atoms with Crippen molar-refractivity contribution in [3.8, 4) is 21.0 Å². The minimum atomic E-state index is 0.726. The SMILES string of the molecule is CCc1ccc(-c2nn(C)c(N)c2-c2cccs2)s1. The number of hydrogen-bond donors (Lipinski definition) is 1. The zero-order chi connectivity index (χ0) is 13.4. The van der Waals surface area contributed by atoms with Crippen molar-refractivity contribution in [2.75, 3.05) is 5.73 Å². The maximum Gasteiger partial charge on any atom is 0.130 e. The lowest BCUT2D eigenvalue weighted by molar-refractivity contribution is 0.783. The number of rotatable bonds is 3. The summed E-state index contributed by atoms with van der Waals surface area (Å²) in [5, 5.41) is 6.66. The van der Waals surface area contributed by atoms with E-state index in [4.69, 9.17) is 5.73 Å². The van der Waals surface area contributed by atoms with Crippen LogP contribution in [0.4, 0.5) is 5.82 Å². The van der Waals surface area contributed by atoms with E-state index in [1.807, 2.05) is 13.1 Å². The fourth-order valence-electron chi connectivity index (χ4n) is 2.07. The highest BCUT2D eigenvalue weighted by molar-refractivity contribution is 7.16. The number of nitrogen functional groups attached to an aromatic ring is 1. The molecule has 3 aromatic rings. The van der Waals surface area contributed by atoms with Crippen LogP contribution in [0.2, 0.25) is 0 Å². The normalized spacial score (nSPS) is 11.1. The van der Waals surface area contributed by atoms with Crippen LogP contribution in [0.3, 0.4) is 0 Å². The average Bonchev–Trinajstić information content (AvgIpc) is 3.11. The van der Waals surface area contributed by atoms with Gasteiger partial charge in [0, 0.05) is 16.8 Å². The number of thiophene rings is 2. The second kappa shape index (κ2) is 4.83. The summed E-state index contributed by atoms with van der Waals surface area (Å²) in [6.45, 7) is 2.17. The van der Waals surface area contributed by atoms with Crippen molar-refractivity contribution < 1.29 is 0 Å². The summed E-state index contributed by atoms with van der Waals surface area (Å²) < 4.78 is 1.76. The van der Waals surface area contributed by atoms with E-state index in [0.717, 1.165) is 23.5 Å². The van der Waals surface area contributed by atoms with Gasteiger partial charge in [0.25, 0.3) is 0 Å². The molecule has 0 saturated heterocycles. The van der Waals surface area contributed by atoms with Gasteiger partial charge in [-0.05, 0) is 30.0 Å². The molecule has 0 amide bonds. The van der Waals surface area contributed by atoms with E-state index in [1.165, 1.54) is 14.6 Å². The maximum absolute atomic E-state index is 6.18. The fourth-order valence-corrected chi connectivity index (χ4v) is 3.79.